The Bertz CT molecular complexity index is 540. The van der Waals surface area contributed by atoms with Crippen molar-refractivity contribution in [2.24, 2.45) is 0 Å². The standard InChI is InChI=1S/C14H11BrCl2O/c1-18-13-8-10(15)4-7-12(13)14(17)9-2-5-11(16)6-3-9/h2-8,14H,1H3. The van der Waals surface area contributed by atoms with E-state index in [1.807, 2.05) is 42.5 Å². The fraction of sp³-hybridized carbons (Fsp3) is 0.143. The van der Waals surface area contributed by atoms with E-state index in [2.05, 4.69) is 15.9 Å². The van der Waals surface area contributed by atoms with Crippen molar-refractivity contribution in [3.8, 4) is 5.75 Å². The third-order valence-corrected chi connectivity index (χ3v) is 3.86. The van der Waals surface area contributed by atoms with Gasteiger partial charge >= 0.3 is 0 Å². The molecule has 2 aromatic carbocycles. The van der Waals surface area contributed by atoms with Gasteiger partial charge in [-0.25, -0.2) is 0 Å². The lowest BCUT2D eigenvalue weighted by molar-refractivity contribution is 0.410. The van der Waals surface area contributed by atoms with E-state index in [-0.39, 0.29) is 5.38 Å². The molecule has 0 saturated carbocycles. The molecule has 0 spiro atoms. The van der Waals surface area contributed by atoms with Crippen LogP contribution in [0, 0.1) is 0 Å². The van der Waals surface area contributed by atoms with Crippen molar-refractivity contribution >= 4 is 39.1 Å². The zero-order valence-corrected chi connectivity index (χ0v) is 12.8. The quantitative estimate of drug-likeness (QED) is 0.673. The smallest absolute Gasteiger partial charge is 0.125 e. The van der Waals surface area contributed by atoms with Gasteiger partial charge in [-0.3, -0.25) is 0 Å². The van der Waals surface area contributed by atoms with E-state index in [4.69, 9.17) is 27.9 Å². The summed E-state index contributed by atoms with van der Waals surface area (Å²) < 4.78 is 6.31. The van der Waals surface area contributed by atoms with Crippen LogP contribution in [0.1, 0.15) is 16.5 Å². The lowest BCUT2D eigenvalue weighted by Gasteiger charge is -2.14. The second-order valence-corrected chi connectivity index (χ2v) is 5.59. The Balaban J connectivity index is 2.39. The molecule has 0 aliphatic carbocycles. The molecule has 0 saturated heterocycles. The second kappa shape index (κ2) is 5.96. The fourth-order valence-electron chi connectivity index (χ4n) is 1.71. The van der Waals surface area contributed by atoms with Crippen molar-refractivity contribution < 1.29 is 4.74 Å². The van der Waals surface area contributed by atoms with Crippen LogP contribution in [-0.4, -0.2) is 7.11 Å². The lowest BCUT2D eigenvalue weighted by Crippen LogP contribution is -1.97. The Morgan fingerprint density at radius 2 is 1.78 bits per heavy atom. The first-order valence-corrected chi connectivity index (χ1v) is 6.95. The largest absolute Gasteiger partial charge is 0.496 e. The molecule has 0 amide bonds. The molecular weight excluding hydrogens is 335 g/mol. The van der Waals surface area contributed by atoms with Gasteiger partial charge < -0.3 is 4.74 Å². The van der Waals surface area contributed by atoms with Crippen LogP contribution in [0.3, 0.4) is 0 Å². The summed E-state index contributed by atoms with van der Waals surface area (Å²) in [5.74, 6) is 0.763. The highest BCUT2D eigenvalue weighted by molar-refractivity contribution is 9.10. The van der Waals surface area contributed by atoms with E-state index < -0.39 is 0 Å². The van der Waals surface area contributed by atoms with Crippen LogP contribution in [0.25, 0.3) is 0 Å². The molecule has 0 N–H and O–H groups in total. The van der Waals surface area contributed by atoms with Crippen molar-refractivity contribution in [1.29, 1.82) is 0 Å². The molecule has 0 heterocycles. The molecule has 2 rings (SSSR count). The number of methoxy groups -OCH3 is 1. The molecule has 2 aromatic rings. The molecule has 94 valence electrons. The van der Waals surface area contributed by atoms with Gasteiger partial charge in [0.1, 0.15) is 5.75 Å². The molecule has 0 aromatic heterocycles. The molecule has 1 unspecified atom stereocenters. The molecule has 0 radical (unpaired) electrons. The highest BCUT2D eigenvalue weighted by atomic mass is 79.9. The van der Waals surface area contributed by atoms with Crippen molar-refractivity contribution in [2.75, 3.05) is 7.11 Å². The van der Waals surface area contributed by atoms with Gasteiger partial charge in [0.2, 0.25) is 0 Å². The van der Waals surface area contributed by atoms with Crippen LogP contribution in [-0.2, 0) is 0 Å². The number of hydrogen-bond donors (Lipinski definition) is 0. The van der Waals surface area contributed by atoms with E-state index in [1.165, 1.54) is 0 Å². The Morgan fingerprint density at radius 3 is 2.39 bits per heavy atom. The minimum absolute atomic E-state index is 0.259. The van der Waals surface area contributed by atoms with Gasteiger partial charge in [-0.1, -0.05) is 45.7 Å². The van der Waals surface area contributed by atoms with E-state index in [1.54, 1.807) is 7.11 Å². The number of halogens is 3. The monoisotopic (exact) mass is 344 g/mol. The summed E-state index contributed by atoms with van der Waals surface area (Å²) in [6.45, 7) is 0. The summed E-state index contributed by atoms with van der Waals surface area (Å²) in [6.07, 6.45) is 0. The van der Waals surface area contributed by atoms with Crippen molar-refractivity contribution in [2.45, 2.75) is 5.38 Å². The number of hydrogen-bond acceptors (Lipinski definition) is 1. The minimum Gasteiger partial charge on any atom is -0.496 e. The van der Waals surface area contributed by atoms with Gasteiger partial charge in [-0.05, 0) is 29.8 Å². The summed E-state index contributed by atoms with van der Waals surface area (Å²) in [6, 6.07) is 13.3. The fourth-order valence-corrected chi connectivity index (χ4v) is 2.50. The topological polar surface area (TPSA) is 9.23 Å². The maximum atomic E-state index is 6.48. The molecule has 18 heavy (non-hydrogen) atoms. The number of alkyl halides is 1. The average molecular weight is 346 g/mol. The first-order valence-electron chi connectivity index (χ1n) is 5.35. The van der Waals surface area contributed by atoms with Gasteiger partial charge in [-0.2, -0.15) is 0 Å². The lowest BCUT2D eigenvalue weighted by atomic mass is 10.0. The van der Waals surface area contributed by atoms with E-state index in [9.17, 15) is 0 Å². The molecule has 0 fully saturated rings. The first kappa shape index (κ1) is 13.7. The minimum atomic E-state index is -0.259. The number of ether oxygens (including phenoxy) is 1. The van der Waals surface area contributed by atoms with E-state index >= 15 is 0 Å². The van der Waals surface area contributed by atoms with E-state index in [0.717, 1.165) is 21.3 Å². The highest BCUT2D eigenvalue weighted by Gasteiger charge is 2.15. The summed E-state index contributed by atoms with van der Waals surface area (Å²) in [4.78, 5) is 0. The van der Waals surface area contributed by atoms with Crippen molar-refractivity contribution in [3.05, 3.63) is 63.1 Å². The van der Waals surface area contributed by atoms with Crippen LogP contribution < -0.4 is 4.74 Å². The summed E-state index contributed by atoms with van der Waals surface area (Å²) in [5.41, 5.74) is 1.92. The Labute approximate surface area is 125 Å². The molecule has 0 bridgehead atoms. The van der Waals surface area contributed by atoms with Crippen LogP contribution in [0.4, 0.5) is 0 Å². The third-order valence-electron chi connectivity index (χ3n) is 2.63. The van der Waals surface area contributed by atoms with Gasteiger partial charge in [0.15, 0.2) is 0 Å². The van der Waals surface area contributed by atoms with Crippen molar-refractivity contribution in [1.82, 2.24) is 0 Å². The van der Waals surface area contributed by atoms with Crippen LogP contribution >= 0.6 is 39.1 Å². The zero-order valence-electron chi connectivity index (χ0n) is 9.66. The molecule has 1 nitrogen and oxygen atoms in total. The predicted molar refractivity (Wildman–Crippen MR) is 79.8 cm³/mol. The molecule has 0 aliphatic rings. The predicted octanol–water partition coefficient (Wildman–Crippen LogP) is 5.44. The molecule has 0 aliphatic heterocycles. The summed E-state index contributed by atoms with van der Waals surface area (Å²) >= 11 is 15.8. The SMILES string of the molecule is COc1cc(Br)ccc1C(Cl)c1ccc(Cl)cc1. The van der Waals surface area contributed by atoms with Crippen molar-refractivity contribution in [3.63, 3.8) is 0 Å². The Morgan fingerprint density at radius 1 is 1.11 bits per heavy atom. The molecule has 1 atom stereocenters. The molecule has 4 heteroatoms. The maximum Gasteiger partial charge on any atom is 0.125 e. The zero-order chi connectivity index (χ0) is 13.1. The number of benzene rings is 2. The van der Waals surface area contributed by atoms with Gasteiger partial charge in [0.05, 0.1) is 12.5 Å². The van der Waals surface area contributed by atoms with Crippen LogP contribution in [0.15, 0.2) is 46.9 Å². The Kier molecular flexibility index (Phi) is 4.55. The normalized spacial score (nSPS) is 12.2. The van der Waals surface area contributed by atoms with Gasteiger partial charge in [0, 0.05) is 15.1 Å². The van der Waals surface area contributed by atoms with Gasteiger partial charge in [0.25, 0.3) is 0 Å². The second-order valence-electron chi connectivity index (χ2n) is 3.80. The van der Waals surface area contributed by atoms with Crippen LogP contribution in [0.5, 0.6) is 5.75 Å². The summed E-state index contributed by atoms with van der Waals surface area (Å²) in [7, 11) is 1.64. The average Bonchev–Trinajstić information content (AvgIpc) is 2.38. The number of rotatable bonds is 3. The summed E-state index contributed by atoms with van der Waals surface area (Å²) in [5, 5.41) is 0.440. The van der Waals surface area contributed by atoms with Crippen LogP contribution in [0.2, 0.25) is 5.02 Å². The Hall–Kier alpha value is -0.700. The highest BCUT2D eigenvalue weighted by Crippen LogP contribution is 2.36. The maximum absolute atomic E-state index is 6.48. The third kappa shape index (κ3) is 3.00. The van der Waals surface area contributed by atoms with Gasteiger partial charge in [-0.15, -0.1) is 11.6 Å². The van der Waals surface area contributed by atoms with E-state index in [0.29, 0.717) is 5.02 Å². The first-order chi connectivity index (χ1) is 8.61. The molecular formula is C14H11BrCl2O.